The number of benzene rings is 8. The lowest BCUT2D eigenvalue weighted by Gasteiger charge is -2.46. The summed E-state index contributed by atoms with van der Waals surface area (Å²) in [4.78, 5) is 12.5. The van der Waals surface area contributed by atoms with Crippen molar-refractivity contribution in [1.82, 2.24) is 9.97 Å². The van der Waals surface area contributed by atoms with Crippen molar-refractivity contribution in [3.05, 3.63) is 249 Å². The molecule has 0 atom stereocenters. The first-order valence-electron chi connectivity index (χ1n) is 21.8. The van der Waals surface area contributed by atoms with Gasteiger partial charge in [0.05, 0.1) is 5.69 Å². The molecular weight excluding hydrogens is 827 g/mol. The van der Waals surface area contributed by atoms with Crippen LogP contribution in [0.1, 0.15) is 0 Å². The lowest BCUT2D eigenvalue weighted by atomic mass is 10.1. The summed E-state index contributed by atoms with van der Waals surface area (Å²) in [5, 5.41) is 13.4. The molecule has 6 heteroatoms. The molecule has 0 unspecified atom stereocenters. The summed E-state index contributed by atoms with van der Waals surface area (Å²) in [6, 6.07) is 88.2. The molecule has 0 bridgehead atoms. The Morgan fingerprint density at radius 1 is 0.453 bits per heavy atom. The highest BCUT2D eigenvalue weighted by Gasteiger charge is 2.52. The molecule has 302 valence electrons. The number of pyridine rings is 2. The molecule has 4 heterocycles. The molecule has 3 aromatic heterocycles. The zero-order valence-electron chi connectivity index (χ0n) is 34.9. The molecule has 0 radical (unpaired) electrons. The minimum absolute atomic E-state index is 0.898. The molecule has 12 rings (SSSR count). The first-order chi connectivity index (χ1) is 31.8. The van der Waals surface area contributed by atoms with Gasteiger partial charge >= 0.3 is 0 Å². The second-order valence-electron chi connectivity index (χ2n) is 16.4. The summed E-state index contributed by atoms with van der Waals surface area (Å²) in [7, 11) is -6.35. The predicted octanol–water partition coefficient (Wildman–Crippen LogP) is 9.05. The van der Waals surface area contributed by atoms with Gasteiger partial charge in [-0.15, -0.1) is 11.3 Å². The van der Waals surface area contributed by atoms with Crippen LogP contribution in [0.4, 0.5) is 17.2 Å². The van der Waals surface area contributed by atoms with E-state index in [0.717, 1.165) is 17.1 Å². The third-order valence-corrected chi connectivity index (χ3v) is 24.2. The van der Waals surface area contributed by atoms with Gasteiger partial charge in [-0.2, -0.15) is 0 Å². The zero-order chi connectivity index (χ0) is 42.5. The van der Waals surface area contributed by atoms with Crippen LogP contribution in [0, 0.1) is 0 Å². The van der Waals surface area contributed by atoms with Gasteiger partial charge in [-0.1, -0.05) is 194 Å². The van der Waals surface area contributed by atoms with Gasteiger partial charge in [-0.05, 0) is 84.0 Å². The second kappa shape index (κ2) is 15.7. The van der Waals surface area contributed by atoms with Crippen LogP contribution in [0.5, 0.6) is 0 Å². The van der Waals surface area contributed by atoms with Gasteiger partial charge < -0.3 is 0 Å². The Morgan fingerprint density at radius 3 is 1.69 bits per heavy atom. The average Bonchev–Trinajstić information content (AvgIpc) is 3.77. The summed E-state index contributed by atoms with van der Waals surface area (Å²) in [6.07, 6.45) is 3.82. The molecule has 0 fully saturated rings. The summed E-state index contributed by atoms with van der Waals surface area (Å²) < 4.78 is 2.62. The monoisotopic (exact) mass is 867 g/mol. The highest BCUT2D eigenvalue weighted by atomic mass is 32.1. The topological polar surface area (TPSA) is 29.0 Å². The number of rotatable bonds is 8. The zero-order valence-corrected chi connectivity index (χ0v) is 37.7. The fourth-order valence-corrected chi connectivity index (χ4v) is 22.7. The van der Waals surface area contributed by atoms with Crippen molar-refractivity contribution in [1.29, 1.82) is 0 Å². The van der Waals surface area contributed by atoms with Crippen molar-refractivity contribution in [2.24, 2.45) is 0 Å². The maximum atomic E-state index is 5.18. The van der Waals surface area contributed by atoms with Gasteiger partial charge in [0, 0.05) is 49.5 Å². The summed E-state index contributed by atoms with van der Waals surface area (Å²) >= 11 is 1.96. The van der Waals surface area contributed by atoms with E-state index in [9.17, 15) is 0 Å². The van der Waals surface area contributed by atoms with Gasteiger partial charge in [-0.3, -0.25) is 9.88 Å². The van der Waals surface area contributed by atoms with Crippen LogP contribution in [-0.2, 0) is 0 Å². The number of nitrogens with zero attached hydrogens (tertiary/aromatic N) is 3. The van der Waals surface area contributed by atoms with Crippen LogP contribution in [0.2, 0.25) is 0 Å². The minimum atomic E-state index is -3.25. The lowest BCUT2D eigenvalue weighted by molar-refractivity contribution is 1.19. The Balaban J connectivity index is 1.34. The Kier molecular flexibility index (Phi) is 9.37. The molecule has 1 aliphatic heterocycles. The fourth-order valence-electron chi connectivity index (χ4n) is 10.6. The van der Waals surface area contributed by atoms with E-state index in [4.69, 9.17) is 9.97 Å². The molecule has 0 saturated carbocycles. The lowest BCUT2D eigenvalue weighted by Crippen LogP contribution is -2.78. The van der Waals surface area contributed by atoms with E-state index in [2.05, 4.69) is 229 Å². The first kappa shape index (κ1) is 38.2. The standard InChI is InChI=1S/C58H41N3SSi2/c1-5-23-43(24-6-1)63(44-25-7-2-8-26-44,47-31-21-22-42(40-47)49-33-17-19-38-59-49)54-41-51-58(57-56(54)48-32-13-15-35-52(48)62-57)64(45-27-9-3-10-28-45,46-29-11-4-12-30-46)53-36-16-14-34-50(53)61(51)55-37-18-20-39-60-55/h1-41H. The molecular formula is C58H41N3SSi2. The van der Waals surface area contributed by atoms with E-state index in [-0.39, 0.29) is 0 Å². The molecule has 0 N–H and O–H groups in total. The van der Waals surface area contributed by atoms with E-state index in [1.807, 2.05) is 35.9 Å². The molecule has 11 aromatic rings. The SMILES string of the molecule is c1ccc([Si]2(c3ccccc3)c3ccccc3N(c3ccccn3)c3cc([Si](c4ccccc4)(c4ccccc4)c4cccc(-c5ccccn5)c4)c4c(sc5ccccc54)c32)cc1. The molecule has 0 spiro atoms. The molecule has 8 aromatic carbocycles. The van der Waals surface area contributed by atoms with Crippen LogP contribution < -0.4 is 46.4 Å². The molecule has 1 aliphatic rings. The van der Waals surface area contributed by atoms with Gasteiger partial charge in [0.1, 0.15) is 5.82 Å². The van der Waals surface area contributed by atoms with Crippen molar-refractivity contribution < 1.29 is 0 Å². The third kappa shape index (κ3) is 5.77. The third-order valence-electron chi connectivity index (χ3n) is 13.2. The number of aromatic nitrogens is 2. The maximum absolute atomic E-state index is 5.18. The van der Waals surface area contributed by atoms with Crippen LogP contribution in [0.15, 0.2) is 249 Å². The van der Waals surface area contributed by atoms with E-state index < -0.39 is 16.1 Å². The molecule has 0 aliphatic carbocycles. The summed E-state index contributed by atoms with van der Waals surface area (Å²) in [5.41, 5.74) is 4.43. The minimum Gasteiger partial charge on any atom is -0.295 e. The van der Waals surface area contributed by atoms with Gasteiger partial charge in [0.15, 0.2) is 16.1 Å². The Morgan fingerprint density at radius 2 is 1.03 bits per heavy atom. The quantitative estimate of drug-likeness (QED) is 0.113. The average molecular weight is 868 g/mol. The number of hydrogen-bond donors (Lipinski definition) is 0. The largest absolute Gasteiger partial charge is 0.295 e. The highest BCUT2D eigenvalue weighted by Crippen LogP contribution is 2.43. The second-order valence-corrected chi connectivity index (χ2v) is 24.9. The van der Waals surface area contributed by atoms with Crippen LogP contribution in [0.25, 0.3) is 31.4 Å². The van der Waals surface area contributed by atoms with E-state index in [0.29, 0.717) is 0 Å². The molecule has 0 amide bonds. The highest BCUT2D eigenvalue weighted by molar-refractivity contribution is 7.32. The number of thiophene rings is 1. The Hall–Kier alpha value is -7.49. The van der Waals surface area contributed by atoms with Gasteiger partial charge in [0.2, 0.25) is 0 Å². The Labute approximate surface area is 379 Å². The van der Waals surface area contributed by atoms with Gasteiger partial charge in [-0.25, -0.2) is 4.98 Å². The van der Waals surface area contributed by atoms with Crippen LogP contribution >= 0.6 is 11.3 Å². The smallest absolute Gasteiger partial charge is 0.185 e. The first-order valence-corrected chi connectivity index (χ1v) is 26.6. The van der Waals surface area contributed by atoms with E-state index >= 15 is 0 Å². The maximum Gasteiger partial charge on any atom is 0.185 e. The number of anilines is 3. The Bertz CT molecular complexity index is 3360. The van der Waals surface area contributed by atoms with Crippen molar-refractivity contribution in [3.8, 4) is 11.3 Å². The van der Waals surface area contributed by atoms with E-state index in [1.54, 1.807) is 0 Å². The molecule has 0 saturated heterocycles. The van der Waals surface area contributed by atoms with Crippen LogP contribution in [0.3, 0.4) is 0 Å². The van der Waals surface area contributed by atoms with Crippen molar-refractivity contribution in [2.75, 3.05) is 4.90 Å². The number of fused-ring (bicyclic) bond motifs is 6. The predicted molar refractivity (Wildman–Crippen MR) is 276 cm³/mol. The van der Waals surface area contributed by atoms with Crippen molar-refractivity contribution in [2.45, 2.75) is 0 Å². The van der Waals surface area contributed by atoms with Crippen LogP contribution in [-0.4, -0.2) is 26.1 Å². The normalized spacial score (nSPS) is 13.1. The van der Waals surface area contributed by atoms with Crippen molar-refractivity contribution in [3.63, 3.8) is 0 Å². The number of para-hydroxylation sites is 1. The van der Waals surface area contributed by atoms with Gasteiger partial charge in [0.25, 0.3) is 0 Å². The van der Waals surface area contributed by atoms with E-state index in [1.165, 1.54) is 73.0 Å². The fraction of sp³-hybridized carbons (Fsp3) is 0. The summed E-state index contributed by atoms with van der Waals surface area (Å²) in [6.45, 7) is 0. The van der Waals surface area contributed by atoms with Crippen molar-refractivity contribution >= 4 is 106 Å². The molecule has 64 heavy (non-hydrogen) atoms. The number of hydrogen-bond acceptors (Lipinski definition) is 4. The summed E-state index contributed by atoms with van der Waals surface area (Å²) in [5.74, 6) is 0.898. The molecule has 3 nitrogen and oxygen atoms in total.